The topological polar surface area (TPSA) is 40.5 Å². The van der Waals surface area contributed by atoms with Crippen LogP contribution >= 0.6 is 0 Å². The molecule has 122 valence electrons. The average Bonchev–Trinajstić information content (AvgIpc) is 2.67. The van der Waals surface area contributed by atoms with Gasteiger partial charge in [0.1, 0.15) is 0 Å². The van der Waals surface area contributed by atoms with Gasteiger partial charge in [-0.2, -0.15) is 0 Å². The van der Waals surface area contributed by atoms with Crippen molar-refractivity contribution in [3.05, 3.63) is 71.8 Å². The van der Waals surface area contributed by atoms with Crippen molar-refractivity contribution in [3.8, 4) is 11.8 Å². The first-order valence-electron chi connectivity index (χ1n) is 8.33. The summed E-state index contributed by atoms with van der Waals surface area (Å²) >= 11 is 0. The number of rotatable bonds is 2. The molecule has 0 radical (unpaired) electrons. The van der Waals surface area contributed by atoms with Crippen LogP contribution in [0.3, 0.4) is 0 Å². The van der Waals surface area contributed by atoms with Crippen LogP contribution in [0, 0.1) is 17.8 Å². The minimum absolute atomic E-state index is 0.133. The first-order chi connectivity index (χ1) is 11.7. The molecule has 0 aromatic heterocycles. The van der Waals surface area contributed by atoms with E-state index < -0.39 is 6.10 Å². The molecule has 0 aliphatic carbocycles. The van der Waals surface area contributed by atoms with Gasteiger partial charge in [0, 0.05) is 24.6 Å². The predicted molar refractivity (Wildman–Crippen MR) is 94.0 cm³/mol. The van der Waals surface area contributed by atoms with Crippen LogP contribution in [0.25, 0.3) is 0 Å². The second kappa shape index (κ2) is 7.81. The van der Waals surface area contributed by atoms with Gasteiger partial charge in [-0.25, -0.2) is 0 Å². The molecule has 0 bridgehead atoms. The van der Waals surface area contributed by atoms with Crippen molar-refractivity contribution in [2.75, 3.05) is 13.1 Å². The van der Waals surface area contributed by atoms with Crippen LogP contribution in [0.5, 0.6) is 0 Å². The number of carbonyl (C=O) groups is 1. The third kappa shape index (κ3) is 4.04. The van der Waals surface area contributed by atoms with E-state index in [4.69, 9.17) is 0 Å². The number of hydrogen-bond donors (Lipinski definition) is 1. The van der Waals surface area contributed by atoms with Gasteiger partial charge in [0.15, 0.2) is 0 Å². The molecule has 0 saturated carbocycles. The molecule has 3 heteroatoms. The number of hydrogen-bond acceptors (Lipinski definition) is 2. The first kappa shape index (κ1) is 16.3. The number of aliphatic hydroxyl groups excluding tert-OH is 1. The summed E-state index contributed by atoms with van der Waals surface area (Å²) in [5, 5.41) is 10.5. The molecule has 24 heavy (non-hydrogen) atoms. The van der Waals surface area contributed by atoms with Crippen LogP contribution in [0.4, 0.5) is 0 Å². The number of carbonyl (C=O) groups excluding carboxylic acids is 1. The van der Waals surface area contributed by atoms with Gasteiger partial charge < -0.3 is 10.0 Å². The predicted octanol–water partition coefficient (Wildman–Crippen LogP) is 3.01. The van der Waals surface area contributed by atoms with Gasteiger partial charge in [-0.3, -0.25) is 4.79 Å². The van der Waals surface area contributed by atoms with E-state index in [1.165, 1.54) is 0 Å². The van der Waals surface area contributed by atoms with Crippen LogP contribution in [-0.4, -0.2) is 29.0 Å². The summed E-state index contributed by atoms with van der Waals surface area (Å²) in [4.78, 5) is 14.0. The molecule has 1 atom stereocenters. The Labute approximate surface area is 142 Å². The lowest BCUT2D eigenvalue weighted by Crippen LogP contribution is -2.39. The fraction of sp³-hybridized carbons (Fsp3) is 0.286. The van der Waals surface area contributed by atoms with Crippen molar-refractivity contribution in [2.24, 2.45) is 5.92 Å². The summed E-state index contributed by atoms with van der Waals surface area (Å²) in [6.45, 7) is 1.30. The minimum Gasteiger partial charge on any atom is -0.388 e. The number of amides is 1. The molecule has 0 spiro atoms. The molecule has 3 rings (SSSR count). The maximum atomic E-state index is 12.2. The van der Waals surface area contributed by atoms with E-state index in [0.717, 1.165) is 24.0 Å². The van der Waals surface area contributed by atoms with Crippen LogP contribution in [0.1, 0.15) is 30.1 Å². The molecule has 1 amide bonds. The fourth-order valence-corrected chi connectivity index (χ4v) is 3.07. The van der Waals surface area contributed by atoms with E-state index in [9.17, 15) is 9.90 Å². The smallest absolute Gasteiger partial charge is 0.298 e. The molecule has 1 saturated heterocycles. The highest BCUT2D eigenvalue weighted by Gasteiger charge is 2.27. The third-order valence-electron chi connectivity index (χ3n) is 4.50. The zero-order valence-electron chi connectivity index (χ0n) is 13.6. The normalized spacial score (nSPS) is 16.1. The van der Waals surface area contributed by atoms with Crippen molar-refractivity contribution < 1.29 is 9.90 Å². The molecule has 1 heterocycles. The Balaban J connectivity index is 1.55. The van der Waals surface area contributed by atoms with E-state index in [-0.39, 0.29) is 11.8 Å². The van der Waals surface area contributed by atoms with Gasteiger partial charge in [0.25, 0.3) is 5.91 Å². The number of nitrogens with zero attached hydrogens (tertiary/aromatic N) is 1. The van der Waals surface area contributed by atoms with Gasteiger partial charge >= 0.3 is 0 Å². The molecular weight excluding hydrogens is 298 g/mol. The van der Waals surface area contributed by atoms with Crippen molar-refractivity contribution in [3.63, 3.8) is 0 Å². The Hall–Kier alpha value is -2.57. The maximum absolute atomic E-state index is 12.2. The lowest BCUT2D eigenvalue weighted by atomic mass is 9.87. The van der Waals surface area contributed by atoms with Gasteiger partial charge in [-0.15, -0.1) is 0 Å². The summed E-state index contributed by atoms with van der Waals surface area (Å²) in [7, 11) is 0. The zero-order chi connectivity index (χ0) is 16.8. The first-order valence-corrected chi connectivity index (χ1v) is 8.33. The Kier molecular flexibility index (Phi) is 5.30. The molecule has 2 aromatic carbocycles. The second-order valence-corrected chi connectivity index (χ2v) is 6.10. The monoisotopic (exact) mass is 319 g/mol. The van der Waals surface area contributed by atoms with Crippen LogP contribution in [-0.2, 0) is 4.79 Å². The SMILES string of the molecule is O=C(C#Cc1ccccc1)N1CCC(C(O)c2ccccc2)CC1. The summed E-state index contributed by atoms with van der Waals surface area (Å²) in [6, 6.07) is 19.3. The summed E-state index contributed by atoms with van der Waals surface area (Å²) in [6.07, 6.45) is 1.14. The summed E-state index contributed by atoms with van der Waals surface area (Å²) < 4.78 is 0. The molecule has 2 aromatic rings. The van der Waals surface area contributed by atoms with E-state index in [1.807, 2.05) is 60.7 Å². The number of benzene rings is 2. The lowest BCUT2D eigenvalue weighted by molar-refractivity contribution is -0.127. The van der Waals surface area contributed by atoms with Gasteiger partial charge in [-0.1, -0.05) is 54.5 Å². The summed E-state index contributed by atoms with van der Waals surface area (Å²) in [5.74, 6) is 5.69. The van der Waals surface area contributed by atoms with Crippen molar-refractivity contribution in [1.29, 1.82) is 0 Å². The Morgan fingerprint density at radius 3 is 2.21 bits per heavy atom. The van der Waals surface area contributed by atoms with Crippen LogP contribution in [0.2, 0.25) is 0 Å². The van der Waals surface area contributed by atoms with Crippen LogP contribution < -0.4 is 0 Å². The van der Waals surface area contributed by atoms with Gasteiger partial charge in [0.2, 0.25) is 0 Å². The molecular formula is C21H21NO2. The molecule has 1 aliphatic rings. The highest BCUT2D eigenvalue weighted by molar-refractivity contribution is 5.94. The largest absolute Gasteiger partial charge is 0.388 e. The summed E-state index contributed by atoms with van der Waals surface area (Å²) in [5.41, 5.74) is 1.80. The van der Waals surface area contributed by atoms with Crippen molar-refractivity contribution >= 4 is 5.91 Å². The van der Waals surface area contributed by atoms with E-state index in [2.05, 4.69) is 11.8 Å². The molecule has 1 fully saturated rings. The third-order valence-corrected chi connectivity index (χ3v) is 4.50. The second-order valence-electron chi connectivity index (χ2n) is 6.10. The highest BCUT2D eigenvalue weighted by Crippen LogP contribution is 2.30. The molecule has 3 nitrogen and oxygen atoms in total. The molecule has 1 unspecified atom stereocenters. The van der Waals surface area contributed by atoms with Gasteiger partial charge in [-0.05, 0) is 36.5 Å². The van der Waals surface area contributed by atoms with E-state index in [0.29, 0.717) is 13.1 Å². The average molecular weight is 319 g/mol. The number of likely N-dealkylation sites (tertiary alicyclic amines) is 1. The standard InChI is InChI=1S/C21H21NO2/c23-20(12-11-17-7-3-1-4-8-17)22-15-13-19(14-16-22)21(24)18-9-5-2-6-10-18/h1-10,19,21,24H,13-16H2. The highest BCUT2D eigenvalue weighted by atomic mass is 16.3. The van der Waals surface area contributed by atoms with Crippen LogP contribution in [0.15, 0.2) is 60.7 Å². The Bertz CT molecular complexity index is 723. The molecule has 1 N–H and O–H groups in total. The lowest BCUT2D eigenvalue weighted by Gasteiger charge is -2.33. The zero-order valence-corrected chi connectivity index (χ0v) is 13.6. The van der Waals surface area contributed by atoms with E-state index in [1.54, 1.807) is 4.90 Å². The minimum atomic E-state index is -0.459. The number of piperidine rings is 1. The van der Waals surface area contributed by atoms with Crippen molar-refractivity contribution in [1.82, 2.24) is 4.90 Å². The van der Waals surface area contributed by atoms with E-state index >= 15 is 0 Å². The molecule has 1 aliphatic heterocycles. The quantitative estimate of drug-likeness (QED) is 0.865. The van der Waals surface area contributed by atoms with Crippen molar-refractivity contribution in [2.45, 2.75) is 18.9 Å². The number of aliphatic hydroxyl groups is 1. The van der Waals surface area contributed by atoms with Gasteiger partial charge in [0.05, 0.1) is 6.10 Å². The Morgan fingerprint density at radius 2 is 1.58 bits per heavy atom. The Morgan fingerprint density at radius 1 is 1.00 bits per heavy atom. The fourth-order valence-electron chi connectivity index (χ4n) is 3.07. The maximum Gasteiger partial charge on any atom is 0.298 e.